The molecular formula is C19H15Cl2NO4. The van der Waals surface area contributed by atoms with Crippen molar-refractivity contribution in [2.75, 3.05) is 0 Å². The lowest BCUT2D eigenvalue weighted by molar-refractivity contribution is 0.0686. The van der Waals surface area contributed by atoms with E-state index in [0.29, 0.717) is 38.2 Å². The number of halogens is 2. The van der Waals surface area contributed by atoms with Crippen molar-refractivity contribution in [1.29, 1.82) is 0 Å². The highest BCUT2D eigenvalue weighted by molar-refractivity contribution is 6.42. The molecule has 0 spiro atoms. The van der Waals surface area contributed by atoms with Gasteiger partial charge >= 0.3 is 5.97 Å². The second-order valence-corrected chi connectivity index (χ2v) is 6.67. The quantitative estimate of drug-likeness (QED) is 0.594. The third-order valence-electron chi connectivity index (χ3n) is 3.59. The number of carboxylic acids is 1. The second kappa shape index (κ2) is 7.40. The third-order valence-corrected chi connectivity index (χ3v) is 4.33. The van der Waals surface area contributed by atoms with Crippen molar-refractivity contribution < 1.29 is 19.2 Å². The van der Waals surface area contributed by atoms with Crippen molar-refractivity contribution in [3.05, 3.63) is 58.2 Å². The maximum Gasteiger partial charge on any atom is 0.358 e. The van der Waals surface area contributed by atoms with Crippen molar-refractivity contribution in [1.82, 2.24) is 5.16 Å². The van der Waals surface area contributed by atoms with Crippen LogP contribution in [0.15, 0.2) is 47.0 Å². The fourth-order valence-corrected chi connectivity index (χ4v) is 2.81. The molecule has 1 heterocycles. The number of aromatic carboxylic acids is 1. The number of hydrogen-bond acceptors (Lipinski definition) is 4. The Labute approximate surface area is 160 Å². The standard InChI is InChI=1S/C19H15Cl2NO4/c1-10(2)25-13-6-3-11(4-7-13)16-17(19(23)24)22-26-18(16)12-5-8-14(20)15(21)9-12/h3-10H,1-2H3,(H,23,24). The number of rotatable bonds is 5. The number of hydrogen-bond donors (Lipinski definition) is 1. The summed E-state index contributed by atoms with van der Waals surface area (Å²) in [6, 6.07) is 12.0. The highest BCUT2D eigenvalue weighted by Gasteiger charge is 2.24. The number of nitrogens with zero attached hydrogens (tertiary/aromatic N) is 1. The molecule has 134 valence electrons. The molecule has 2 aromatic carbocycles. The first-order valence-corrected chi connectivity index (χ1v) is 8.58. The summed E-state index contributed by atoms with van der Waals surface area (Å²) in [6.07, 6.45) is 0.0396. The maximum absolute atomic E-state index is 11.6. The Morgan fingerprint density at radius 2 is 1.73 bits per heavy atom. The summed E-state index contributed by atoms with van der Waals surface area (Å²) < 4.78 is 10.9. The number of carbonyl (C=O) groups is 1. The maximum atomic E-state index is 11.6. The minimum absolute atomic E-state index is 0.0396. The second-order valence-electron chi connectivity index (χ2n) is 5.86. The highest BCUT2D eigenvalue weighted by Crippen LogP contribution is 2.38. The first kappa shape index (κ1) is 18.3. The molecule has 0 aliphatic rings. The zero-order valence-corrected chi connectivity index (χ0v) is 15.5. The molecule has 0 radical (unpaired) electrons. The Balaban J connectivity index is 2.11. The van der Waals surface area contributed by atoms with Gasteiger partial charge in [-0.3, -0.25) is 0 Å². The van der Waals surface area contributed by atoms with E-state index in [0.717, 1.165) is 0 Å². The van der Waals surface area contributed by atoms with Crippen LogP contribution in [0.3, 0.4) is 0 Å². The van der Waals surface area contributed by atoms with Crippen LogP contribution < -0.4 is 4.74 Å². The lowest BCUT2D eigenvalue weighted by atomic mass is 9.99. The van der Waals surface area contributed by atoms with E-state index in [2.05, 4.69) is 5.16 Å². The molecular weight excluding hydrogens is 377 g/mol. The molecule has 1 N–H and O–H groups in total. The summed E-state index contributed by atoms with van der Waals surface area (Å²) >= 11 is 12.0. The van der Waals surface area contributed by atoms with Gasteiger partial charge in [0, 0.05) is 5.56 Å². The van der Waals surface area contributed by atoms with E-state index in [-0.39, 0.29) is 11.8 Å². The molecule has 0 saturated heterocycles. The molecule has 7 heteroatoms. The average molecular weight is 392 g/mol. The van der Waals surface area contributed by atoms with Crippen LogP contribution in [0.4, 0.5) is 0 Å². The van der Waals surface area contributed by atoms with Gasteiger partial charge in [-0.05, 0) is 49.7 Å². The first-order valence-electron chi connectivity index (χ1n) is 7.82. The molecule has 0 aliphatic carbocycles. The van der Waals surface area contributed by atoms with E-state index in [4.69, 9.17) is 32.5 Å². The molecule has 0 bridgehead atoms. The van der Waals surface area contributed by atoms with E-state index in [1.54, 1.807) is 42.5 Å². The molecule has 0 fully saturated rings. The predicted octanol–water partition coefficient (Wildman–Crippen LogP) is 5.80. The lowest BCUT2D eigenvalue weighted by Gasteiger charge is -2.10. The predicted molar refractivity (Wildman–Crippen MR) is 100 cm³/mol. The zero-order chi connectivity index (χ0) is 18.8. The molecule has 3 rings (SSSR count). The van der Waals surface area contributed by atoms with Crippen LogP contribution in [0.25, 0.3) is 22.5 Å². The van der Waals surface area contributed by atoms with Gasteiger partial charge in [-0.2, -0.15) is 0 Å². The lowest BCUT2D eigenvalue weighted by Crippen LogP contribution is -2.05. The Bertz CT molecular complexity index is 949. The summed E-state index contributed by atoms with van der Waals surface area (Å²) in [6.45, 7) is 3.86. The van der Waals surface area contributed by atoms with Gasteiger partial charge in [-0.15, -0.1) is 0 Å². The number of aromatic nitrogens is 1. The largest absolute Gasteiger partial charge is 0.491 e. The van der Waals surface area contributed by atoms with Gasteiger partial charge in [0.1, 0.15) is 5.75 Å². The SMILES string of the molecule is CC(C)Oc1ccc(-c2c(C(=O)O)noc2-c2ccc(Cl)c(Cl)c2)cc1. The van der Waals surface area contributed by atoms with Gasteiger partial charge in [0.05, 0.1) is 21.7 Å². The van der Waals surface area contributed by atoms with Gasteiger partial charge in [0.15, 0.2) is 11.5 Å². The van der Waals surface area contributed by atoms with Gasteiger partial charge in [0.2, 0.25) is 0 Å². The summed E-state index contributed by atoms with van der Waals surface area (Å²) in [5, 5.41) is 13.9. The van der Waals surface area contributed by atoms with Crippen LogP contribution in [0, 0.1) is 0 Å². The third kappa shape index (κ3) is 3.69. The molecule has 26 heavy (non-hydrogen) atoms. The van der Waals surface area contributed by atoms with E-state index in [1.165, 1.54) is 0 Å². The van der Waals surface area contributed by atoms with Crippen molar-refractivity contribution >= 4 is 29.2 Å². The van der Waals surface area contributed by atoms with E-state index in [9.17, 15) is 9.90 Å². The highest BCUT2D eigenvalue weighted by atomic mass is 35.5. The molecule has 1 aromatic heterocycles. The topological polar surface area (TPSA) is 72.6 Å². The van der Waals surface area contributed by atoms with Crippen molar-refractivity contribution in [2.45, 2.75) is 20.0 Å². The summed E-state index contributed by atoms with van der Waals surface area (Å²) in [4.78, 5) is 11.6. The molecule has 0 aliphatic heterocycles. The van der Waals surface area contributed by atoms with Gasteiger partial charge in [-0.1, -0.05) is 40.5 Å². The van der Waals surface area contributed by atoms with Crippen LogP contribution in [0.5, 0.6) is 5.75 Å². The zero-order valence-electron chi connectivity index (χ0n) is 14.0. The molecule has 3 aromatic rings. The van der Waals surface area contributed by atoms with E-state index < -0.39 is 5.97 Å². The molecule has 0 saturated carbocycles. The number of benzene rings is 2. The van der Waals surface area contributed by atoms with Crippen molar-refractivity contribution in [2.24, 2.45) is 0 Å². The molecule has 0 amide bonds. The van der Waals surface area contributed by atoms with Gasteiger partial charge in [-0.25, -0.2) is 4.79 Å². The fourth-order valence-electron chi connectivity index (χ4n) is 2.51. The minimum atomic E-state index is -1.18. The van der Waals surface area contributed by atoms with Gasteiger partial charge in [0.25, 0.3) is 0 Å². The van der Waals surface area contributed by atoms with Crippen LogP contribution >= 0.6 is 23.2 Å². The van der Waals surface area contributed by atoms with Crippen molar-refractivity contribution in [3.8, 4) is 28.2 Å². The molecule has 0 unspecified atom stereocenters. The minimum Gasteiger partial charge on any atom is -0.491 e. The monoisotopic (exact) mass is 391 g/mol. The Kier molecular flexibility index (Phi) is 5.20. The Morgan fingerprint density at radius 1 is 1.08 bits per heavy atom. The van der Waals surface area contributed by atoms with Crippen LogP contribution in [0.2, 0.25) is 10.0 Å². The first-order chi connectivity index (χ1) is 12.4. The van der Waals surface area contributed by atoms with E-state index in [1.807, 2.05) is 13.8 Å². The normalized spacial score (nSPS) is 11.0. The van der Waals surface area contributed by atoms with Crippen LogP contribution in [-0.2, 0) is 0 Å². The molecule has 5 nitrogen and oxygen atoms in total. The van der Waals surface area contributed by atoms with Crippen LogP contribution in [0.1, 0.15) is 24.3 Å². The molecule has 0 atom stereocenters. The summed E-state index contributed by atoms with van der Waals surface area (Å²) in [5.74, 6) is -0.191. The van der Waals surface area contributed by atoms with E-state index >= 15 is 0 Å². The summed E-state index contributed by atoms with van der Waals surface area (Å²) in [7, 11) is 0. The number of ether oxygens (including phenoxy) is 1. The average Bonchev–Trinajstić information content (AvgIpc) is 3.03. The number of carboxylic acid groups (broad SMARTS) is 1. The Morgan fingerprint density at radius 3 is 2.31 bits per heavy atom. The van der Waals surface area contributed by atoms with Crippen LogP contribution in [-0.4, -0.2) is 22.3 Å². The Hall–Kier alpha value is -2.50. The fraction of sp³-hybridized carbons (Fsp3) is 0.158. The van der Waals surface area contributed by atoms with Crippen molar-refractivity contribution in [3.63, 3.8) is 0 Å². The smallest absolute Gasteiger partial charge is 0.358 e. The van der Waals surface area contributed by atoms with Gasteiger partial charge < -0.3 is 14.4 Å². The summed E-state index contributed by atoms with van der Waals surface area (Å²) in [5.41, 5.74) is 1.41.